The maximum absolute atomic E-state index is 12.0. The fraction of sp³-hybridized carbons (Fsp3) is 0.731. The highest BCUT2D eigenvalue weighted by atomic mass is 16.5. The van der Waals surface area contributed by atoms with E-state index in [1.54, 1.807) is 13.2 Å². The Morgan fingerprint density at radius 2 is 2.12 bits per heavy atom. The topological polar surface area (TPSA) is 91.3 Å². The number of hydrogen-bond donors (Lipinski definition) is 3. The first-order valence-electron chi connectivity index (χ1n) is 12.7. The molecule has 2 saturated carbocycles. The van der Waals surface area contributed by atoms with Gasteiger partial charge in [-0.15, -0.1) is 0 Å². The van der Waals surface area contributed by atoms with Crippen LogP contribution in [-0.2, 0) is 16.6 Å². The molecule has 5 aliphatic rings. The van der Waals surface area contributed by atoms with Crippen molar-refractivity contribution in [2.24, 2.45) is 17.8 Å². The number of aliphatic carboxylic acids is 1. The van der Waals surface area contributed by atoms with Crippen molar-refractivity contribution >= 4 is 5.97 Å². The number of nitrogens with one attached hydrogen (secondary N) is 1. The summed E-state index contributed by atoms with van der Waals surface area (Å²) in [4.78, 5) is 14.7. The van der Waals surface area contributed by atoms with Crippen LogP contribution in [0.1, 0.15) is 57.1 Å². The van der Waals surface area contributed by atoms with Gasteiger partial charge in [-0.3, -0.25) is 15.0 Å². The monoisotopic (exact) mass is 456 g/mol. The molecule has 6 rings (SSSR count). The summed E-state index contributed by atoms with van der Waals surface area (Å²) >= 11 is 0. The Kier molecular flexibility index (Phi) is 4.90. The third-order valence-electron chi connectivity index (χ3n) is 9.26. The van der Waals surface area contributed by atoms with E-state index in [9.17, 15) is 15.0 Å². The minimum Gasteiger partial charge on any atom is -0.504 e. The smallest absolute Gasteiger partial charge is 0.320 e. The maximum atomic E-state index is 12.0. The minimum atomic E-state index is -0.814. The molecule has 3 N–H and O–H groups in total. The van der Waals surface area contributed by atoms with Crippen LogP contribution in [0.25, 0.3) is 0 Å². The first-order chi connectivity index (χ1) is 15.8. The molecule has 0 radical (unpaired) electrons. The van der Waals surface area contributed by atoms with Gasteiger partial charge in [0, 0.05) is 41.2 Å². The largest absolute Gasteiger partial charge is 0.504 e. The number of hydrogen-bond acceptors (Lipinski definition) is 6. The second-order valence-electron chi connectivity index (χ2n) is 11.3. The van der Waals surface area contributed by atoms with Crippen molar-refractivity contribution in [1.29, 1.82) is 0 Å². The molecular weight excluding hydrogens is 420 g/mol. The predicted octanol–water partition coefficient (Wildman–Crippen LogP) is 2.92. The molecule has 7 nitrogen and oxygen atoms in total. The van der Waals surface area contributed by atoms with Crippen molar-refractivity contribution in [3.8, 4) is 17.2 Å². The standard InChI is InChI=1S/C26H36N2O5/c1-13(2)22(25(30)31)27-17-7-6-16-18-10-15-20(32-3)11-19(29)23-21(15)26(16,24(17)33-23)8-9-28(18)12-14-4-5-14/h11,13-14,16-18,22,24,27,29H,4-10,12H2,1-3H3,(H,30,31)/t16-,17-,18+,22-,24-,26-/m0/s1. The number of likely N-dealkylation sites (tertiary alicyclic amines) is 1. The van der Waals surface area contributed by atoms with Gasteiger partial charge in [-0.25, -0.2) is 0 Å². The van der Waals surface area contributed by atoms with Crippen molar-refractivity contribution in [3.05, 3.63) is 17.2 Å². The molecule has 1 spiro atoms. The summed E-state index contributed by atoms with van der Waals surface area (Å²) < 4.78 is 12.4. The van der Waals surface area contributed by atoms with Crippen LogP contribution < -0.4 is 14.8 Å². The zero-order chi connectivity index (χ0) is 23.1. The molecule has 1 saturated heterocycles. The van der Waals surface area contributed by atoms with Gasteiger partial charge in [0.05, 0.1) is 7.11 Å². The Bertz CT molecular complexity index is 976. The summed E-state index contributed by atoms with van der Waals surface area (Å²) in [7, 11) is 1.68. The van der Waals surface area contributed by atoms with E-state index >= 15 is 0 Å². The third-order valence-corrected chi connectivity index (χ3v) is 9.26. The summed E-state index contributed by atoms with van der Waals surface area (Å²) in [5.74, 6) is 1.97. The van der Waals surface area contributed by atoms with Crippen LogP contribution in [-0.4, -0.2) is 65.5 Å². The molecule has 33 heavy (non-hydrogen) atoms. The number of aromatic hydroxyl groups is 1. The van der Waals surface area contributed by atoms with E-state index in [1.165, 1.54) is 24.9 Å². The first-order valence-corrected chi connectivity index (χ1v) is 12.7. The van der Waals surface area contributed by atoms with Crippen LogP contribution in [0.4, 0.5) is 0 Å². The van der Waals surface area contributed by atoms with Crippen molar-refractivity contribution in [2.45, 2.75) is 82.0 Å². The summed E-state index contributed by atoms with van der Waals surface area (Å²) in [6.45, 7) is 6.11. The average molecular weight is 457 g/mol. The van der Waals surface area contributed by atoms with Crippen LogP contribution in [0.2, 0.25) is 0 Å². The number of methoxy groups -OCH3 is 1. The normalized spacial score (nSPS) is 35.2. The predicted molar refractivity (Wildman–Crippen MR) is 123 cm³/mol. The molecule has 180 valence electrons. The number of piperidine rings is 1. The van der Waals surface area contributed by atoms with E-state index in [1.807, 2.05) is 13.8 Å². The quantitative estimate of drug-likeness (QED) is 0.581. The highest BCUT2D eigenvalue weighted by Crippen LogP contribution is 2.65. The molecule has 2 bridgehead atoms. The number of nitrogens with zero attached hydrogens (tertiary/aromatic N) is 1. The fourth-order valence-electron chi connectivity index (χ4n) is 7.67. The zero-order valence-electron chi connectivity index (χ0n) is 19.8. The second kappa shape index (κ2) is 7.51. The number of carboxylic acid groups (broad SMARTS) is 1. The fourth-order valence-corrected chi connectivity index (χ4v) is 7.67. The van der Waals surface area contributed by atoms with E-state index in [0.717, 1.165) is 49.5 Å². The Balaban J connectivity index is 1.44. The lowest BCUT2D eigenvalue weighted by Gasteiger charge is -2.60. The number of phenolic OH excluding ortho intramolecular Hbond substituents is 1. The van der Waals surface area contributed by atoms with E-state index in [2.05, 4.69) is 10.2 Å². The second-order valence-corrected chi connectivity index (χ2v) is 11.3. The summed E-state index contributed by atoms with van der Waals surface area (Å²) in [5, 5.41) is 24.2. The SMILES string of the molecule is COc1cc(O)c2c3c1C[C@@H]1[C@@H]4CC[C@H](N[C@H](C(=O)O)C(C)C)[C@H](O2)[C@]34CCN1CC1CC1. The molecule has 7 heteroatoms. The van der Waals surface area contributed by atoms with Crippen LogP contribution in [0.15, 0.2) is 6.07 Å². The van der Waals surface area contributed by atoms with Crippen LogP contribution >= 0.6 is 0 Å². The zero-order valence-corrected chi connectivity index (χ0v) is 19.8. The van der Waals surface area contributed by atoms with Gasteiger partial charge in [0.2, 0.25) is 0 Å². The highest BCUT2D eigenvalue weighted by Gasteiger charge is 2.66. The molecule has 0 aromatic heterocycles. The molecule has 2 heterocycles. The molecule has 0 unspecified atom stereocenters. The van der Waals surface area contributed by atoms with Gasteiger partial charge in [-0.2, -0.15) is 0 Å². The van der Waals surface area contributed by atoms with Crippen molar-refractivity contribution in [1.82, 2.24) is 10.2 Å². The van der Waals surface area contributed by atoms with E-state index in [0.29, 0.717) is 17.7 Å². The van der Waals surface area contributed by atoms with Crippen LogP contribution in [0.5, 0.6) is 17.2 Å². The molecule has 1 aromatic rings. The Labute approximate surface area is 195 Å². The van der Waals surface area contributed by atoms with Crippen molar-refractivity contribution < 1.29 is 24.5 Å². The van der Waals surface area contributed by atoms with Gasteiger partial charge in [0.15, 0.2) is 11.5 Å². The summed E-state index contributed by atoms with van der Waals surface area (Å²) in [6.07, 6.45) is 6.38. The number of phenols is 1. The molecule has 3 aliphatic carbocycles. The first kappa shape index (κ1) is 21.5. The highest BCUT2D eigenvalue weighted by molar-refractivity contribution is 5.74. The third kappa shape index (κ3) is 3.04. The van der Waals surface area contributed by atoms with E-state index in [4.69, 9.17) is 9.47 Å². The lowest BCUT2D eigenvalue weighted by atomic mass is 9.51. The Morgan fingerprint density at radius 1 is 1.33 bits per heavy atom. The Hall–Kier alpha value is -1.99. The minimum absolute atomic E-state index is 0.0231. The molecule has 0 amide bonds. The van der Waals surface area contributed by atoms with Gasteiger partial charge in [0.25, 0.3) is 0 Å². The van der Waals surface area contributed by atoms with Gasteiger partial charge >= 0.3 is 5.97 Å². The van der Waals surface area contributed by atoms with Crippen molar-refractivity contribution in [2.75, 3.05) is 20.2 Å². The van der Waals surface area contributed by atoms with Crippen LogP contribution in [0.3, 0.4) is 0 Å². The average Bonchev–Trinajstić information content (AvgIpc) is 3.52. The van der Waals surface area contributed by atoms with Crippen LogP contribution in [0, 0.1) is 17.8 Å². The van der Waals surface area contributed by atoms with E-state index in [-0.39, 0.29) is 29.2 Å². The Morgan fingerprint density at radius 3 is 2.79 bits per heavy atom. The van der Waals surface area contributed by atoms with Gasteiger partial charge in [0.1, 0.15) is 17.9 Å². The van der Waals surface area contributed by atoms with Gasteiger partial charge in [-0.1, -0.05) is 13.8 Å². The number of ether oxygens (including phenoxy) is 2. The molecular formula is C26H36N2O5. The van der Waals surface area contributed by atoms with E-state index < -0.39 is 12.0 Å². The van der Waals surface area contributed by atoms with Crippen molar-refractivity contribution in [3.63, 3.8) is 0 Å². The molecule has 2 aliphatic heterocycles. The molecule has 6 atom stereocenters. The number of rotatable bonds is 7. The van der Waals surface area contributed by atoms with Gasteiger partial charge < -0.3 is 19.7 Å². The lowest BCUT2D eigenvalue weighted by Crippen LogP contribution is -2.69. The number of carboxylic acids is 1. The summed E-state index contributed by atoms with van der Waals surface area (Å²) in [6, 6.07) is 1.47. The molecule has 1 aromatic carbocycles. The number of benzene rings is 1. The number of carbonyl (C=O) groups is 1. The maximum Gasteiger partial charge on any atom is 0.320 e. The summed E-state index contributed by atoms with van der Waals surface area (Å²) in [5.41, 5.74) is 2.14. The lowest BCUT2D eigenvalue weighted by molar-refractivity contribution is -0.141. The molecule has 3 fully saturated rings. The van der Waals surface area contributed by atoms with Gasteiger partial charge in [-0.05, 0) is 62.8 Å².